The van der Waals surface area contributed by atoms with Gasteiger partial charge in [0.15, 0.2) is 0 Å². The molecule has 0 saturated heterocycles. The molecule has 0 spiro atoms. The largest absolute Gasteiger partial charge is 0.508 e. The molecule has 3 N–H and O–H groups in total. The summed E-state index contributed by atoms with van der Waals surface area (Å²) in [6, 6.07) is 12.7. The van der Waals surface area contributed by atoms with Crippen molar-refractivity contribution in [2.24, 2.45) is 0 Å². The predicted molar refractivity (Wildman–Crippen MR) is 71.1 cm³/mol. The number of hydrogen-bond donors (Lipinski definition) is 3. The van der Waals surface area contributed by atoms with Crippen LogP contribution in [0.5, 0.6) is 17.2 Å². The molecule has 0 fully saturated rings. The van der Waals surface area contributed by atoms with Gasteiger partial charge in [0.2, 0.25) is 0 Å². The minimum Gasteiger partial charge on any atom is -0.508 e. The monoisotopic (exact) mass is 261 g/mol. The highest BCUT2D eigenvalue weighted by Crippen LogP contribution is 2.33. The van der Waals surface area contributed by atoms with Gasteiger partial charge in [0.05, 0.1) is 11.6 Å². The van der Waals surface area contributed by atoms with Gasteiger partial charge in [0.25, 0.3) is 0 Å². The van der Waals surface area contributed by atoms with E-state index in [0.29, 0.717) is 16.7 Å². The van der Waals surface area contributed by atoms with E-state index in [0.717, 1.165) is 5.56 Å². The summed E-state index contributed by atoms with van der Waals surface area (Å²) in [6.07, 6.45) is 0. The van der Waals surface area contributed by atoms with Crippen molar-refractivity contribution in [3.63, 3.8) is 0 Å². The van der Waals surface area contributed by atoms with Crippen molar-refractivity contribution < 1.29 is 19.7 Å². The molecule has 4 heteroatoms. The highest BCUT2D eigenvalue weighted by atomic mass is 16.3. The lowest BCUT2D eigenvalue weighted by Crippen LogP contribution is -1.80. The van der Waals surface area contributed by atoms with Gasteiger partial charge in [-0.05, 0) is 30.3 Å². The minimum atomic E-state index is -0.0587. The zero-order chi connectivity index (χ0) is 13.4. The van der Waals surface area contributed by atoms with Crippen LogP contribution in [-0.4, -0.2) is 15.3 Å². The van der Waals surface area contributed by atoms with Crippen molar-refractivity contribution in [2.75, 3.05) is 0 Å². The molecule has 0 atom stereocenters. The first-order chi connectivity index (χ1) is 9.13. The summed E-state index contributed by atoms with van der Waals surface area (Å²) < 4.78 is 5.65. The van der Waals surface area contributed by atoms with Gasteiger partial charge in [0, 0.05) is 12.1 Å². The summed E-state index contributed by atoms with van der Waals surface area (Å²) in [5, 5.41) is 28.9. The van der Waals surface area contributed by atoms with Gasteiger partial charge in [-0.15, -0.1) is 0 Å². The van der Waals surface area contributed by atoms with Crippen LogP contribution in [0.3, 0.4) is 0 Å². The fraction of sp³-hybridized carbons (Fsp3) is 0. The van der Waals surface area contributed by atoms with Gasteiger partial charge in [-0.2, -0.15) is 0 Å². The number of benzene rings is 2. The molecule has 94 valence electrons. The molecule has 0 aliphatic rings. The van der Waals surface area contributed by atoms with E-state index in [2.05, 4.69) is 0 Å². The summed E-state index contributed by atoms with van der Waals surface area (Å²) in [5.41, 5.74) is 1.19. The van der Waals surface area contributed by atoms with E-state index in [-0.39, 0.29) is 17.2 Å². The maximum absolute atomic E-state index is 9.70. The molecule has 0 amide bonds. The Hall–Kier alpha value is -2.75. The van der Waals surface area contributed by atoms with Crippen LogP contribution in [0.4, 0.5) is 0 Å². The van der Waals surface area contributed by atoms with Crippen LogP contribution in [-0.2, 0) is 0 Å². The summed E-state index contributed by atoms with van der Waals surface area (Å²) >= 11 is 0. The van der Waals surface area contributed by atoms with Gasteiger partial charge in [-0.25, -0.2) is 4.42 Å². The van der Waals surface area contributed by atoms with Crippen LogP contribution >= 0.6 is 0 Å². The van der Waals surface area contributed by atoms with E-state index in [1.807, 2.05) is 0 Å². The Morgan fingerprint density at radius 2 is 1.47 bits per heavy atom. The quantitative estimate of drug-likeness (QED) is 0.586. The third kappa shape index (κ3) is 2.04. The molecule has 0 bridgehead atoms. The van der Waals surface area contributed by atoms with Crippen LogP contribution < -0.4 is 0 Å². The zero-order valence-corrected chi connectivity index (χ0v) is 9.87. The summed E-state index contributed by atoms with van der Waals surface area (Å²) in [4.78, 5) is 0. The molecule has 1 heterocycles. The van der Waals surface area contributed by atoms with Gasteiger partial charge in [-0.3, -0.25) is 0 Å². The Bertz CT molecular complexity index is 748. The van der Waals surface area contributed by atoms with Gasteiger partial charge in [-0.1, -0.05) is 0 Å². The first-order valence-electron chi connectivity index (χ1n) is 5.72. The molecular weight excluding hydrogens is 250 g/mol. The normalized spacial score (nSPS) is 10.7. The van der Waals surface area contributed by atoms with E-state index in [1.165, 1.54) is 12.1 Å². The van der Waals surface area contributed by atoms with Crippen molar-refractivity contribution in [2.45, 2.75) is 0 Å². The van der Waals surface area contributed by atoms with Crippen LogP contribution in [0.15, 0.2) is 52.9 Å². The van der Waals surface area contributed by atoms with E-state index < -0.39 is 0 Å². The Labute approximate surface area is 108 Å². The first kappa shape index (κ1) is 11.3. The van der Waals surface area contributed by atoms with Gasteiger partial charge in [0.1, 0.15) is 22.6 Å². The number of phenols is 3. The molecule has 0 aliphatic heterocycles. The van der Waals surface area contributed by atoms with Crippen molar-refractivity contribution >= 4 is 11.0 Å². The average Bonchev–Trinajstić information content (AvgIpc) is 2.38. The topological polar surface area (TPSA) is 72.0 Å². The molecule has 4 nitrogen and oxygen atoms in total. The second kappa shape index (κ2) is 4.17. The van der Waals surface area contributed by atoms with Crippen LogP contribution in [0.25, 0.3) is 22.3 Å². The molecule has 0 aliphatic carbocycles. The highest BCUT2D eigenvalue weighted by Gasteiger charge is 2.17. The SMILES string of the molecule is Oc1cc(O)c2ccc(-[13c]3[13cH][13cH][13c](O)[13cH][13cH]3)[o+]c2c1. The van der Waals surface area contributed by atoms with Crippen molar-refractivity contribution in [1.29, 1.82) is 0 Å². The maximum Gasteiger partial charge on any atom is 0.368 e. The molecule has 2 aromatic carbocycles. The zero-order valence-electron chi connectivity index (χ0n) is 9.87. The first-order valence-corrected chi connectivity index (χ1v) is 5.72. The fourth-order valence-corrected chi connectivity index (χ4v) is 1.94. The van der Waals surface area contributed by atoms with Crippen LogP contribution in [0, 0.1) is 0 Å². The number of aromatic hydroxyl groups is 3. The average molecular weight is 261 g/mol. The molecule has 1 aromatic heterocycles. The predicted octanol–water partition coefficient (Wildman–Crippen LogP) is 3.50. The van der Waals surface area contributed by atoms with Gasteiger partial charge >= 0.3 is 11.3 Å². The third-order valence-electron chi connectivity index (χ3n) is 2.88. The standard InChI is InChI=1S/C15H10O4/c16-10-3-1-9(2-4-10)14-6-5-12-13(18)7-11(17)8-15(12)19-14/h1-8H,(H2-,16,17,18)/p+1/i1+1,2+1,3+1,4+1,9+1,10+1. The third-order valence-corrected chi connectivity index (χ3v) is 2.88. The smallest absolute Gasteiger partial charge is 0.368 e. The number of fused-ring (bicyclic) bond motifs is 1. The number of hydrogen-bond acceptors (Lipinski definition) is 3. The van der Waals surface area contributed by atoms with Crippen LogP contribution in [0.2, 0.25) is 0 Å². The van der Waals surface area contributed by atoms with E-state index >= 15 is 0 Å². The molecule has 3 rings (SSSR count). The Kier molecular flexibility index (Phi) is 2.49. The Balaban J connectivity index is 2.18. The Morgan fingerprint density at radius 1 is 0.737 bits per heavy atom. The molecule has 0 saturated carbocycles. The van der Waals surface area contributed by atoms with Crippen molar-refractivity contribution in [3.05, 3.63) is 48.5 Å². The maximum atomic E-state index is 9.70. The van der Waals surface area contributed by atoms with E-state index in [1.54, 1.807) is 36.4 Å². The molecule has 0 radical (unpaired) electrons. The number of rotatable bonds is 1. The van der Waals surface area contributed by atoms with Crippen LogP contribution in [0.1, 0.15) is 0 Å². The number of phenolic OH excluding ortho intramolecular Hbond substituents is 3. The second-order valence-electron chi connectivity index (χ2n) is 4.22. The molecule has 3 aromatic rings. The second-order valence-corrected chi connectivity index (χ2v) is 4.22. The van der Waals surface area contributed by atoms with Gasteiger partial charge < -0.3 is 15.3 Å². The van der Waals surface area contributed by atoms with Crippen molar-refractivity contribution in [1.82, 2.24) is 0 Å². The lowest BCUT2D eigenvalue weighted by molar-refractivity contribution is 0.452. The molecule has 0 unspecified atom stereocenters. The molecule has 19 heavy (non-hydrogen) atoms. The fourth-order valence-electron chi connectivity index (χ4n) is 1.94. The lowest BCUT2D eigenvalue weighted by atomic mass is 10.2. The lowest BCUT2D eigenvalue weighted by Gasteiger charge is -1.97. The van der Waals surface area contributed by atoms with Crippen molar-refractivity contribution in [3.8, 4) is 28.6 Å². The minimum absolute atomic E-state index is 0.0315. The van der Waals surface area contributed by atoms with E-state index in [4.69, 9.17) is 4.42 Å². The summed E-state index contributed by atoms with van der Waals surface area (Å²) in [6.45, 7) is 0. The Morgan fingerprint density at radius 3 is 2.21 bits per heavy atom. The highest BCUT2D eigenvalue weighted by molar-refractivity contribution is 5.86. The summed E-state index contributed by atoms with van der Waals surface area (Å²) in [7, 11) is 0. The summed E-state index contributed by atoms with van der Waals surface area (Å²) in [5.74, 6) is 0.671. The molecular formula is C15H11O4+. The van der Waals surface area contributed by atoms with E-state index in [9.17, 15) is 15.3 Å².